The molecule has 0 aromatic heterocycles. The Morgan fingerprint density at radius 2 is 2.18 bits per heavy atom. The lowest BCUT2D eigenvalue weighted by atomic mass is 10.2. The average Bonchev–Trinajstić information content (AvgIpc) is 2.73. The smallest absolute Gasteiger partial charge is 0.333 e. The summed E-state index contributed by atoms with van der Waals surface area (Å²) in [6.07, 6.45) is 1.30. The number of rotatable bonds is 3. The van der Waals surface area contributed by atoms with Crippen LogP contribution in [0.15, 0.2) is 41.4 Å². The Balaban J connectivity index is 1.84. The Hall–Kier alpha value is -1.75. The number of carbonyl (C=O) groups excluding carboxylic acids is 2. The summed E-state index contributed by atoms with van der Waals surface area (Å²) in [6.45, 7) is 0.238. The van der Waals surface area contributed by atoms with E-state index in [1.807, 2.05) is 30.3 Å². The quantitative estimate of drug-likeness (QED) is 0.650. The minimum atomic E-state index is -0.446. The Labute approximate surface area is 103 Å². The normalized spacial score (nSPS) is 16.9. The summed E-state index contributed by atoms with van der Waals surface area (Å²) in [6, 6.07) is 9.43. The lowest BCUT2D eigenvalue weighted by Gasteiger charge is -2.02. The van der Waals surface area contributed by atoms with Crippen LogP contribution in [-0.4, -0.2) is 17.6 Å². The van der Waals surface area contributed by atoms with E-state index in [2.05, 4.69) is 5.32 Å². The van der Waals surface area contributed by atoms with E-state index in [9.17, 15) is 9.59 Å². The summed E-state index contributed by atoms with van der Waals surface area (Å²) >= 11 is 1.30. The number of esters is 1. The second-order valence-electron chi connectivity index (χ2n) is 3.44. The molecule has 1 amide bonds. The number of hydrogen-bond donors (Lipinski definition) is 1. The number of carbonyl (C=O) groups is 2. The van der Waals surface area contributed by atoms with Crippen molar-refractivity contribution in [2.24, 2.45) is 0 Å². The molecule has 1 aromatic rings. The fourth-order valence-electron chi connectivity index (χ4n) is 1.31. The number of hydrogen-bond acceptors (Lipinski definition) is 4. The molecule has 1 N–H and O–H groups in total. The molecule has 1 aromatic carbocycles. The summed E-state index contributed by atoms with van der Waals surface area (Å²) in [5, 5.41) is 3.12. The molecule has 0 bridgehead atoms. The molecule has 1 fully saturated rings. The Bertz CT molecular complexity index is 456. The van der Waals surface area contributed by atoms with Crippen LogP contribution in [0.2, 0.25) is 0 Å². The molecule has 0 radical (unpaired) electrons. The minimum absolute atomic E-state index is 0.0860. The van der Waals surface area contributed by atoms with Gasteiger partial charge in [-0.25, -0.2) is 4.79 Å². The second-order valence-corrected chi connectivity index (χ2v) is 4.46. The zero-order valence-electron chi connectivity index (χ0n) is 9.01. The van der Waals surface area contributed by atoms with Gasteiger partial charge >= 0.3 is 5.97 Å². The zero-order chi connectivity index (χ0) is 12.1. The van der Waals surface area contributed by atoms with Crippen LogP contribution >= 0.6 is 11.8 Å². The first-order chi connectivity index (χ1) is 8.24. The highest BCUT2D eigenvalue weighted by atomic mass is 32.2. The predicted octanol–water partition coefficient (Wildman–Crippen LogP) is 1.43. The van der Waals surface area contributed by atoms with Crippen LogP contribution in [-0.2, 0) is 20.9 Å². The molecular formula is C12H11NO3S. The molecule has 5 heteroatoms. The highest BCUT2D eigenvalue weighted by molar-refractivity contribution is 8.04. The van der Waals surface area contributed by atoms with Gasteiger partial charge in [-0.05, 0) is 5.56 Å². The van der Waals surface area contributed by atoms with Crippen LogP contribution in [0.4, 0.5) is 0 Å². The van der Waals surface area contributed by atoms with Crippen LogP contribution in [0.3, 0.4) is 0 Å². The number of benzene rings is 1. The van der Waals surface area contributed by atoms with Crippen molar-refractivity contribution in [1.29, 1.82) is 0 Å². The van der Waals surface area contributed by atoms with Crippen LogP contribution in [0.5, 0.6) is 0 Å². The van der Waals surface area contributed by atoms with Crippen LogP contribution < -0.4 is 5.32 Å². The third kappa shape index (κ3) is 3.64. The fraction of sp³-hybridized carbons (Fsp3) is 0.167. The van der Waals surface area contributed by atoms with E-state index in [0.29, 0.717) is 10.8 Å². The Morgan fingerprint density at radius 1 is 1.41 bits per heavy atom. The van der Waals surface area contributed by atoms with E-state index >= 15 is 0 Å². The molecule has 1 aliphatic heterocycles. The van der Waals surface area contributed by atoms with Gasteiger partial charge in [0.05, 0.1) is 16.9 Å². The largest absolute Gasteiger partial charge is 0.458 e. The van der Waals surface area contributed by atoms with Gasteiger partial charge in [0, 0.05) is 0 Å². The van der Waals surface area contributed by atoms with Crippen molar-refractivity contribution in [1.82, 2.24) is 5.32 Å². The Morgan fingerprint density at radius 3 is 2.82 bits per heavy atom. The summed E-state index contributed by atoms with van der Waals surface area (Å²) in [5.74, 6) is -0.173. The molecule has 0 spiro atoms. The third-order valence-corrected chi connectivity index (χ3v) is 3.03. The van der Waals surface area contributed by atoms with Gasteiger partial charge in [-0.2, -0.15) is 0 Å². The maximum absolute atomic E-state index is 11.4. The number of amides is 1. The minimum Gasteiger partial charge on any atom is -0.458 e. The zero-order valence-corrected chi connectivity index (χ0v) is 9.83. The number of nitrogens with one attached hydrogen (secondary N) is 1. The predicted molar refractivity (Wildman–Crippen MR) is 64.9 cm³/mol. The molecule has 88 valence electrons. The molecule has 1 saturated heterocycles. The molecule has 17 heavy (non-hydrogen) atoms. The van der Waals surface area contributed by atoms with Crippen molar-refractivity contribution in [2.45, 2.75) is 6.61 Å². The Kier molecular flexibility index (Phi) is 3.82. The number of ether oxygens (including phenoxy) is 1. The first kappa shape index (κ1) is 11.7. The van der Waals surface area contributed by atoms with E-state index in [1.54, 1.807) is 0 Å². The first-order valence-electron chi connectivity index (χ1n) is 5.09. The van der Waals surface area contributed by atoms with E-state index < -0.39 is 5.97 Å². The third-order valence-electron chi connectivity index (χ3n) is 2.09. The highest BCUT2D eigenvalue weighted by Crippen LogP contribution is 2.18. The molecule has 0 saturated carbocycles. The molecule has 0 aliphatic carbocycles. The van der Waals surface area contributed by atoms with Gasteiger partial charge in [0.25, 0.3) is 0 Å². The van der Waals surface area contributed by atoms with Gasteiger partial charge < -0.3 is 10.1 Å². The van der Waals surface area contributed by atoms with Gasteiger partial charge in [0.2, 0.25) is 5.91 Å². The highest BCUT2D eigenvalue weighted by Gasteiger charge is 2.16. The second kappa shape index (κ2) is 5.54. The molecule has 1 aliphatic rings. The summed E-state index contributed by atoms with van der Waals surface area (Å²) in [7, 11) is 0. The van der Waals surface area contributed by atoms with Gasteiger partial charge in [-0.1, -0.05) is 42.1 Å². The van der Waals surface area contributed by atoms with Gasteiger partial charge in [0.1, 0.15) is 6.61 Å². The summed E-state index contributed by atoms with van der Waals surface area (Å²) in [5.41, 5.74) is 0.933. The van der Waals surface area contributed by atoms with Crippen molar-refractivity contribution in [2.75, 3.05) is 5.75 Å². The maximum Gasteiger partial charge on any atom is 0.333 e. The molecule has 4 nitrogen and oxygen atoms in total. The maximum atomic E-state index is 11.4. The van der Waals surface area contributed by atoms with Crippen molar-refractivity contribution >= 4 is 23.6 Å². The molecule has 0 unspecified atom stereocenters. The first-order valence-corrected chi connectivity index (χ1v) is 6.07. The SMILES string of the molecule is O=C1CS/C(=C\C(=O)OCc2ccccc2)N1. The molecule has 1 heterocycles. The van der Waals surface area contributed by atoms with Gasteiger partial charge in [-0.3, -0.25) is 4.79 Å². The van der Waals surface area contributed by atoms with Crippen molar-refractivity contribution in [3.8, 4) is 0 Å². The van der Waals surface area contributed by atoms with E-state index in [4.69, 9.17) is 4.74 Å². The number of thioether (sulfide) groups is 1. The van der Waals surface area contributed by atoms with Crippen molar-refractivity contribution in [3.05, 3.63) is 47.0 Å². The van der Waals surface area contributed by atoms with Crippen LogP contribution in [0.1, 0.15) is 5.56 Å². The molecular weight excluding hydrogens is 238 g/mol. The standard InChI is InChI=1S/C12H11NO3S/c14-10-8-17-11(13-10)6-12(15)16-7-9-4-2-1-3-5-9/h1-6H,7-8H2,(H,13,14)/b11-6-. The lowest BCUT2D eigenvalue weighted by molar-refractivity contribution is -0.139. The fourth-order valence-corrected chi connectivity index (χ4v) is 2.03. The van der Waals surface area contributed by atoms with Crippen molar-refractivity contribution < 1.29 is 14.3 Å². The average molecular weight is 249 g/mol. The summed E-state index contributed by atoms with van der Waals surface area (Å²) < 4.78 is 5.05. The monoisotopic (exact) mass is 249 g/mol. The molecule has 2 rings (SSSR count). The van der Waals surface area contributed by atoms with E-state index in [1.165, 1.54) is 17.8 Å². The van der Waals surface area contributed by atoms with Crippen molar-refractivity contribution in [3.63, 3.8) is 0 Å². The van der Waals surface area contributed by atoms with E-state index in [0.717, 1.165) is 5.56 Å². The van der Waals surface area contributed by atoms with Crippen LogP contribution in [0.25, 0.3) is 0 Å². The van der Waals surface area contributed by atoms with Gasteiger partial charge in [0.15, 0.2) is 0 Å². The topological polar surface area (TPSA) is 55.4 Å². The summed E-state index contributed by atoms with van der Waals surface area (Å²) in [4.78, 5) is 22.3. The molecule has 0 atom stereocenters. The van der Waals surface area contributed by atoms with Gasteiger partial charge in [-0.15, -0.1) is 0 Å². The van der Waals surface area contributed by atoms with Crippen LogP contribution in [0, 0.1) is 0 Å². The lowest BCUT2D eigenvalue weighted by Crippen LogP contribution is -2.15. The van der Waals surface area contributed by atoms with E-state index in [-0.39, 0.29) is 12.5 Å².